The minimum absolute atomic E-state index is 0.0927. The van der Waals surface area contributed by atoms with E-state index in [1.807, 2.05) is 26.8 Å². The van der Waals surface area contributed by atoms with E-state index in [0.717, 1.165) is 11.6 Å². The van der Waals surface area contributed by atoms with E-state index in [-0.39, 0.29) is 5.39 Å². The standard InChI is InChI=1S/C14H12FNO3/c1-7-6-14(2,3)16-11-9(7)4-8(15)5-10(11)12(17)19-13(16)18/h4-6H,1-3H3. The van der Waals surface area contributed by atoms with Gasteiger partial charge in [0.2, 0.25) is 0 Å². The van der Waals surface area contributed by atoms with Crippen molar-refractivity contribution in [2.45, 2.75) is 26.3 Å². The van der Waals surface area contributed by atoms with Gasteiger partial charge in [-0.1, -0.05) is 6.08 Å². The van der Waals surface area contributed by atoms with Gasteiger partial charge in [-0.25, -0.2) is 14.0 Å². The van der Waals surface area contributed by atoms with E-state index in [4.69, 9.17) is 0 Å². The van der Waals surface area contributed by atoms with E-state index in [0.29, 0.717) is 11.1 Å². The van der Waals surface area contributed by atoms with E-state index in [9.17, 15) is 14.0 Å². The monoisotopic (exact) mass is 261 g/mol. The zero-order valence-electron chi connectivity index (χ0n) is 10.8. The molecule has 0 bridgehead atoms. The summed E-state index contributed by atoms with van der Waals surface area (Å²) in [6.07, 6.45) is 1.86. The zero-order valence-corrected chi connectivity index (χ0v) is 10.8. The lowest BCUT2D eigenvalue weighted by Gasteiger charge is -2.30. The fraction of sp³-hybridized carbons (Fsp3) is 0.286. The van der Waals surface area contributed by atoms with Crippen LogP contribution in [-0.2, 0) is 5.54 Å². The molecule has 2 heterocycles. The van der Waals surface area contributed by atoms with Crippen molar-refractivity contribution in [1.82, 2.24) is 4.57 Å². The first-order valence-electron chi connectivity index (χ1n) is 5.91. The summed E-state index contributed by atoms with van der Waals surface area (Å²) in [6.45, 7) is 5.51. The van der Waals surface area contributed by atoms with Gasteiger partial charge in [0.15, 0.2) is 0 Å². The van der Waals surface area contributed by atoms with E-state index in [1.165, 1.54) is 10.6 Å². The number of halogens is 1. The van der Waals surface area contributed by atoms with E-state index in [2.05, 4.69) is 4.42 Å². The van der Waals surface area contributed by atoms with Gasteiger partial charge in [0, 0.05) is 5.56 Å². The predicted molar refractivity (Wildman–Crippen MR) is 69.7 cm³/mol. The Labute approximate surface area is 107 Å². The normalized spacial score (nSPS) is 16.5. The summed E-state index contributed by atoms with van der Waals surface area (Å²) in [5, 5.41) is 0.0927. The van der Waals surface area contributed by atoms with Gasteiger partial charge in [0.1, 0.15) is 5.82 Å². The fourth-order valence-corrected chi connectivity index (χ4v) is 2.76. The van der Waals surface area contributed by atoms with Crippen molar-refractivity contribution in [1.29, 1.82) is 0 Å². The molecule has 0 saturated carbocycles. The fourth-order valence-electron chi connectivity index (χ4n) is 2.76. The molecule has 0 amide bonds. The number of rotatable bonds is 0. The molecule has 3 rings (SSSR count). The Morgan fingerprint density at radius 2 is 1.95 bits per heavy atom. The third kappa shape index (κ3) is 1.51. The van der Waals surface area contributed by atoms with Crippen LogP contribution in [0, 0.1) is 5.82 Å². The van der Waals surface area contributed by atoms with E-state index < -0.39 is 22.7 Å². The molecule has 1 aliphatic rings. The van der Waals surface area contributed by atoms with Gasteiger partial charge in [-0.15, -0.1) is 0 Å². The highest BCUT2D eigenvalue weighted by molar-refractivity contribution is 5.92. The maximum absolute atomic E-state index is 13.6. The van der Waals surface area contributed by atoms with Crippen LogP contribution < -0.4 is 11.4 Å². The van der Waals surface area contributed by atoms with Gasteiger partial charge < -0.3 is 4.42 Å². The lowest BCUT2D eigenvalue weighted by Crippen LogP contribution is -2.39. The minimum Gasteiger partial charge on any atom is -0.372 e. The Balaban J connectivity index is 2.70. The number of hydrogen-bond acceptors (Lipinski definition) is 3. The molecule has 1 aromatic carbocycles. The van der Waals surface area contributed by atoms with Gasteiger partial charge in [-0.05, 0) is 38.5 Å². The number of aromatic nitrogens is 1. The van der Waals surface area contributed by atoms with E-state index in [1.54, 1.807) is 0 Å². The van der Waals surface area contributed by atoms with Crippen LogP contribution in [-0.4, -0.2) is 4.57 Å². The SMILES string of the molecule is CC1=CC(C)(C)n2c(=O)oc(=O)c3cc(F)cc1c32. The molecule has 0 N–H and O–H groups in total. The third-order valence-corrected chi connectivity index (χ3v) is 3.45. The van der Waals surface area contributed by atoms with Crippen LogP contribution in [0.15, 0.2) is 32.2 Å². The van der Waals surface area contributed by atoms with Gasteiger partial charge in [0.25, 0.3) is 0 Å². The van der Waals surface area contributed by atoms with Crippen molar-refractivity contribution < 1.29 is 8.81 Å². The number of benzene rings is 1. The first-order chi connectivity index (χ1) is 8.81. The van der Waals surface area contributed by atoms with Gasteiger partial charge >= 0.3 is 11.4 Å². The van der Waals surface area contributed by atoms with Gasteiger partial charge in [0.05, 0.1) is 16.4 Å². The van der Waals surface area contributed by atoms with Crippen LogP contribution in [0.25, 0.3) is 16.5 Å². The molecule has 0 saturated heterocycles. The van der Waals surface area contributed by atoms with Crippen LogP contribution in [0.2, 0.25) is 0 Å². The Kier molecular flexibility index (Phi) is 2.15. The van der Waals surface area contributed by atoms with Crippen LogP contribution in [0.5, 0.6) is 0 Å². The van der Waals surface area contributed by atoms with Crippen LogP contribution in [0.4, 0.5) is 4.39 Å². The number of hydrogen-bond donors (Lipinski definition) is 0. The second kappa shape index (κ2) is 3.44. The molecule has 0 unspecified atom stereocenters. The molecule has 5 heteroatoms. The van der Waals surface area contributed by atoms with Crippen LogP contribution in [0.3, 0.4) is 0 Å². The highest BCUT2D eigenvalue weighted by atomic mass is 19.1. The number of nitrogens with zero attached hydrogens (tertiary/aromatic N) is 1. The Hall–Kier alpha value is -2.17. The van der Waals surface area contributed by atoms with Crippen molar-refractivity contribution in [3.63, 3.8) is 0 Å². The highest BCUT2D eigenvalue weighted by Crippen LogP contribution is 2.34. The lowest BCUT2D eigenvalue weighted by molar-refractivity contribution is 0.350. The molecular weight excluding hydrogens is 249 g/mol. The van der Waals surface area contributed by atoms with E-state index >= 15 is 0 Å². The molecule has 0 radical (unpaired) electrons. The smallest absolute Gasteiger partial charge is 0.372 e. The topological polar surface area (TPSA) is 52.2 Å². The average molecular weight is 261 g/mol. The first-order valence-corrected chi connectivity index (χ1v) is 5.91. The first kappa shape index (κ1) is 11.9. The summed E-state index contributed by atoms with van der Waals surface area (Å²) in [5.74, 6) is -1.24. The molecule has 2 aromatic rings. The Morgan fingerprint density at radius 3 is 2.63 bits per heavy atom. The second-order valence-corrected chi connectivity index (χ2v) is 5.32. The molecule has 4 nitrogen and oxygen atoms in total. The molecule has 0 spiro atoms. The van der Waals surface area contributed by atoms with Crippen molar-refractivity contribution in [3.8, 4) is 0 Å². The molecule has 19 heavy (non-hydrogen) atoms. The quantitative estimate of drug-likeness (QED) is 0.730. The number of allylic oxidation sites excluding steroid dienone is 2. The maximum Gasteiger partial charge on any atom is 0.423 e. The summed E-state index contributed by atoms with van der Waals surface area (Å²) < 4.78 is 19.7. The van der Waals surface area contributed by atoms with Crippen LogP contribution in [0.1, 0.15) is 26.3 Å². The van der Waals surface area contributed by atoms with Gasteiger partial charge in [-0.3, -0.25) is 4.57 Å². The van der Waals surface area contributed by atoms with Gasteiger partial charge in [-0.2, -0.15) is 0 Å². The summed E-state index contributed by atoms with van der Waals surface area (Å²) in [7, 11) is 0. The van der Waals surface area contributed by atoms with Crippen molar-refractivity contribution in [3.05, 3.63) is 50.6 Å². The second-order valence-electron chi connectivity index (χ2n) is 5.32. The highest BCUT2D eigenvalue weighted by Gasteiger charge is 2.29. The predicted octanol–water partition coefficient (Wildman–Crippen LogP) is 2.25. The molecule has 98 valence electrons. The van der Waals surface area contributed by atoms with Crippen molar-refractivity contribution >= 4 is 16.5 Å². The average Bonchev–Trinajstić information content (AvgIpc) is 2.27. The summed E-state index contributed by atoms with van der Waals surface area (Å²) in [6, 6.07) is 2.44. The molecular formula is C14H12FNO3. The summed E-state index contributed by atoms with van der Waals surface area (Å²) >= 11 is 0. The Morgan fingerprint density at radius 1 is 1.26 bits per heavy atom. The van der Waals surface area contributed by atoms with Crippen molar-refractivity contribution in [2.75, 3.05) is 0 Å². The lowest BCUT2D eigenvalue weighted by atomic mass is 9.91. The largest absolute Gasteiger partial charge is 0.423 e. The molecule has 0 atom stereocenters. The molecule has 0 aliphatic carbocycles. The Bertz CT molecular complexity index is 855. The summed E-state index contributed by atoms with van der Waals surface area (Å²) in [4.78, 5) is 23.7. The molecule has 0 fully saturated rings. The maximum atomic E-state index is 13.6. The zero-order chi connectivity index (χ0) is 13.9. The van der Waals surface area contributed by atoms with Crippen molar-refractivity contribution in [2.24, 2.45) is 0 Å². The summed E-state index contributed by atoms with van der Waals surface area (Å²) in [5.41, 5.74) is 0.399. The van der Waals surface area contributed by atoms with Crippen LogP contribution >= 0.6 is 0 Å². The molecule has 1 aromatic heterocycles. The minimum atomic E-state index is -0.803. The third-order valence-electron chi connectivity index (χ3n) is 3.45. The molecule has 1 aliphatic heterocycles.